The zero-order valence-corrected chi connectivity index (χ0v) is 13.1. The molecule has 20 heavy (non-hydrogen) atoms. The van der Waals surface area contributed by atoms with Gasteiger partial charge >= 0.3 is 0 Å². The zero-order valence-electron chi connectivity index (χ0n) is 11.5. The molecule has 0 saturated carbocycles. The number of hydrogen-bond donors (Lipinski definition) is 1. The SMILES string of the molecule is O=C1CCCCCN1CCNCc1cc(Br)ccc1F. The summed E-state index contributed by atoms with van der Waals surface area (Å²) in [6, 6.07) is 4.92. The standard InChI is InChI=1S/C15H20BrFN2O/c16-13-5-6-14(17)12(10-13)11-18-7-9-19-8-3-1-2-4-15(19)20/h5-6,10,18H,1-4,7-9,11H2. The summed E-state index contributed by atoms with van der Waals surface area (Å²) in [5.41, 5.74) is 0.640. The number of likely N-dealkylation sites (tertiary alicyclic amines) is 1. The van der Waals surface area contributed by atoms with Crippen molar-refractivity contribution >= 4 is 21.8 Å². The number of rotatable bonds is 5. The third-order valence-corrected chi connectivity index (χ3v) is 4.05. The highest BCUT2D eigenvalue weighted by atomic mass is 79.9. The number of carbonyl (C=O) groups excluding carboxylic acids is 1. The highest BCUT2D eigenvalue weighted by Gasteiger charge is 2.15. The Bertz CT molecular complexity index is 467. The van der Waals surface area contributed by atoms with Gasteiger partial charge in [0.15, 0.2) is 0 Å². The quantitative estimate of drug-likeness (QED) is 0.834. The predicted molar refractivity (Wildman–Crippen MR) is 80.9 cm³/mol. The lowest BCUT2D eigenvalue weighted by Crippen LogP contribution is -2.36. The number of nitrogens with one attached hydrogen (secondary N) is 1. The van der Waals surface area contributed by atoms with Gasteiger partial charge in [-0.2, -0.15) is 0 Å². The number of carbonyl (C=O) groups is 1. The van der Waals surface area contributed by atoms with Crippen LogP contribution in [0.25, 0.3) is 0 Å². The fraction of sp³-hybridized carbons (Fsp3) is 0.533. The van der Waals surface area contributed by atoms with Crippen molar-refractivity contribution in [2.24, 2.45) is 0 Å². The van der Waals surface area contributed by atoms with Crippen LogP contribution in [-0.4, -0.2) is 30.4 Å². The van der Waals surface area contributed by atoms with Gasteiger partial charge in [-0.3, -0.25) is 4.79 Å². The van der Waals surface area contributed by atoms with Crippen LogP contribution >= 0.6 is 15.9 Å². The Kier molecular flexibility index (Phi) is 5.98. The number of amides is 1. The molecule has 1 saturated heterocycles. The van der Waals surface area contributed by atoms with E-state index in [1.807, 2.05) is 4.90 Å². The van der Waals surface area contributed by atoms with Gasteiger partial charge in [0.25, 0.3) is 0 Å². The number of nitrogens with zero attached hydrogens (tertiary/aromatic N) is 1. The van der Waals surface area contributed by atoms with E-state index in [4.69, 9.17) is 0 Å². The van der Waals surface area contributed by atoms with Crippen molar-refractivity contribution in [1.29, 1.82) is 0 Å². The van der Waals surface area contributed by atoms with Crippen molar-refractivity contribution in [1.82, 2.24) is 10.2 Å². The lowest BCUT2D eigenvalue weighted by atomic mass is 10.2. The van der Waals surface area contributed by atoms with Crippen LogP contribution in [0.2, 0.25) is 0 Å². The molecule has 1 aromatic carbocycles. The van der Waals surface area contributed by atoms with Gasteiger partial charge in [0.05, 0.1) is 0 Å². The zero-order chi connectivity index (χ0) is 14.4. The molecule has 0 aromatic heterocycles. The van der Waals surface area contributed by atoms with Crippen LogP contribution in [0.1, 0.15) is 31.2 Å². The molecule has 2 rings (SSSR count). The molecule has 1 fully saturated rings. The number of halogens is 2. The van der Waals surface area contributed by atoms with E-state index in [1.54, 1.807) is 12.1 Å². The topological polar surface area (TPSA) is 32.3 Å². The van der Waals surface area contributed by atoms with Crippen molar-refractivity contribution in [2.45, 2.75) is 32.2 Å². The van der Waals surface area contributed by atoms with E-state index in [0.717, 1.165) is 30.3 Å². The van der Waals surface area contributed by atoms with Crippen LogP contribution in [0, 0.1) is 5.82 Å². The maximum atomic E-state index is 13.5. The summed E-state index contributed by atoms with van der Waals surface area (Å²) in [6.07, 6.45) is 3.90. The summed E-state index contributed by atoms with van der Waals surface area (Å²) in [7, 11) is 0. The molecule has 1 N–H and O–H groups in total. The second-order valence-electron chi connectivity index (χ2n) is 5.10. The molecule has 0 bridgehead atoms. The Hall–Kier alpha value is -0.940. The predicted octanol–water partition coefficient (Wildman–Crippen LogP) is 3.08. The van der Waals surface area contributed by atoms with Crippen molar-refractivity contribution in [2.75, 3.05) is 19.6 Å². The first-order valence-corrected chi connectivity index (χ1v) is 7.88. The fourth-order valence-electron chi connectivity index (χ4n) is 2.39. The van der Waals surface area contributed by atoms with Gasteiger partial charge in [-0.1, -0.05) is 22.4 Å². The van der Waals surface area contributed by atoms with Gasteiger partial charge in [-0.25, -0.2) is 4.39 Å². The number of benzene rings is 1. The molecule has 1 aromatic rings. The second kappa shape index (κ2) is 7.74. The van der Waals surface area contributed by atoms with Gasteiger partial charge in [0.2, 0.25) is 5.91 Å². The van der Waals surface area contributed by atoms with Gasteiger partial charge in [0.1, 0.15) is 5.82 Å². The first-order valence-electron chi connectivity index (χ1n) is 7.09. The average Bonchev–Trinajstić information content (AvgIpc) is 2.63. The highest BCUT2D eigenvalue weighted by Crippen LogP contribution is 2.15. The minimum Gasteiger partial charge on any atom is -0.341 e. The molecule has 110 valence electrons. The molecular formula is C15H20BrFN2O. The van der Waals surface area contributed by atoms with E-state index in [9.17, 15) is 9.18 Å². The molecule has 1 aliphatic heterocycles. The molecule has 1 amide bonds. The van der Waals surface area contributed by atoms with Crippen LogP contribution in [-0.2, 0) is 11.3 Å². The Morgan fingerprint density at radius 2 is 2.15 bits per heavy atom. The fourth-order valence-corrected chi connectivity index (χ4v) is 2.80. The molecule has 3 nitrogen and oxygen atoms in total. The van der Waals surface area contributed by atoms with Gasteiger partial charge < -0.3 is 10.2 Å². The molecule has 0 radical (unpaired) electrons. The molecule has 5 heteroatoms. The van der Waals surface area contributed by atoms with Crippen LogP contribution in [0.15, 0.2) is 22.7 Å². The van der Waals surface area contributed by atoms with Crippen molar-refractivity contribution in [3.8, 4) is 0 Å². The summed E-state index contributed by atoms with van der Waals surface area (Å²) < 4.78 is 14.4. The molecule has 0 spiro atoms. The molecule has 0 aliphatic carbocycles. The Labute approximate surface area is 127 Å². The number of hydrogen-bond acceptors (Lipinski definition) is 2. The van der Waals surface area contributed by atoms with Crippen LogP contribution in [0.3, 0.4) is 0 Å². The van der Waals surface area contributed by atoms with Crippen LogP contribution < -0.4 is 5.32 Å². The summed E-state index contributed by atoms with van der Waals surface area (Å²) in [4.78, 5) is 13.7. The van der Waals surface area contributed by atoms with Crippen molar-refractivity contribution in [3.05, 3.63) is 34.1 Å². The van der Waals surface area contributed by atoms with E-state index in [1.165, 1.54) is 6.07 Å². The van der Waals surface area contributed by atoms with Crippen LogP contribution in [0.4, 0.5) is 4.39 Å². The molecule has 0 atom stereocenters. The minimum atomic E-state index is -0.202. The third-order valence-electron chi connectivity index (χ3n) is 3.55. The summed E-state index contributed by atoms with van der Waals surface area (Å²) in [5, 5.41) is 3.20. The Morgan fingerprint density at radius 3 is 3.00 bits per heavy atom. The van der Waals surface area contributed by atoms with E-state index in [2.05, 4.69) is 21.2 Å². The van der Waals surface area contributed by atoms with Gasteiger partial charge in [-0.05, 0) is 31.0 Å². The minimum absolute atomic E-state index is 0.202. The second-order valence-corrected chi connectivity index (χ2v) is 6.02. The normalized spacial score (nSPS) is 16.3. The van der Waals surface area contributed by atoms with Crippen molar-refractivity contribution < 1.29 is 9.18 Å². The van der Waals surface area contributed by atoms with E-state index < -0.39 is 0 Å². The molecule has 1 aliphatic rings. The maximum Gasteiger partial charge on any atom is 0.222 e. The summed E-state index contributed by atoms with van der Waals surface area (Å²) >= 11 is 3.34. The van der Waals surface area contributed by atoms with Crippen molar-refractivity contribution in [3.63, 3.8) is 0 Å². The Balaban J connectivity index is 1.75. The molecular weight excluding hydrogens is 323 g/mol. The monoisotopic (exact) mass is 342 g/mol. The van der Waals surface area contributed by atoms with Gasteiger partial charge in [0, 0.05) is 42.6 Å². The first kappa shape index (κ1) is 15.4. The van der Waals surface area contributed by atoms with E-state index in [-0.39, 0.29) is 11.7 Å². The summed E-state index contributed by atoms with van der Waals surface area (Å²) in [6.45, 7) is 2.73. The van der Waals surface area contributed by atoms with E-state index in [0.29, 0.717) is 31.6 Å². The van der Waals surface area contributed by atoms with Gasteiger partial charge in [-0.15, -0.1) is 0 Å². The summed E-state index contributed by atoms with van der Waals surface area (Å²) in [5.74, 6) is 0.0458. The largest absolute Gasteiger partial charge is 0.341 e. The lowest BCUT2D eigenvalue weighted by molar-refractivity contribution is -0.130. The smallest absolute Gasteiger partial charge is 0.222 e. The highest BCUT2D eigenvalue weighted by molar-refractivity contribution is 9.10. The molecule has 0 unspecified atom stereocenters. The Morgan fingerprint density at radius 1 is 1.30 bits per heavy atom. The third kappa shape index (κ3) is 4.56. The van der Waals surface area contributed by atoms with E-state index >= 15 is 0 Å². The maximum absolute atomic E-state index is 13.5. The first-order chi connectivity index (χ1) is 9.66. The average molecular weight is 343 g/mol. The lowest BCUT2D eigenvalue weighted by Gasteiger charge is -2.20. The molecule has 1 heterocycles. The van der Waals surface area contributed by atoms with Crippen LogP contribution in [0.5, 0.6) is 0 Å².